The van der Waals surface area contributed by atoms with Crippen molar-refractivity contribution in [3.63, 3.8) is 0 Å². The zero-order chi connectivity index (χ0) is 15.0. The molecule has 1 saturated carbocycles. The molecule has 0 amide bonds. The number of aromatic nitrogens is 2. The van der Waals surface area contributed by atoms with Crippen LogP contribution in [0.15, 0.2) is 18.2 Å². The van der Waals surface area contributed by atoms with Gasteiger partial charge in [0.25, 0.3) is 0 Å². The highest BCUT2D eigenvalue weighted by molar-refractivity contribution is 6.35. The van der Waals surface area contributed by atoms with E-state index in [-0.39, 0.29) is 0 Å². The average Bonchev–Trinajstić information content (AvgIpc) is 3.20. The summed E-state index contributed by atoms with van der Waals surface area (Å²) in [5.74, 6) is 0.671. The van der Waals surface area contributed by atoms with Crippen molar-refractivity contribution in [1.82, 2.24) is 15.3 Å². The van der Waals surface area contributed by atoms with Crippen molar-refractivity contribution in [3.8, 4) is 11.4 Å². The lowest BCUT2D eigenvalue weighted by molar-refractivity contribution is 0.675. The number of rotatable bonds is 4. The average molecular weight is 322 g/mol. The molecule has 1 heterocycles. The van der Waals surface area contributed by atoms with Gasteiger partial charge in [-0.1, -0.05) is 23.2 Å². The minimum atomic E-state index is 0.593. The molecule has 3 nitrogen and oxygen atoms in total. The monoisotopic (exact) mass is 321 g/mol. The Labute approximate surface area is 134 Å². The maximum atomic E-state index is 6.05. The lowest BCUT2D eigenvalue weighted by atomic mass is 10.1. The van der Waals surface area contributed by atoms with Crippen LogP contribution in [0.4, 0.5) is 0 Å². The highest BCUT2D eigenvalue weighted by Gasteiger charge is 2.21. The highest BCUT2D eigenvalue weighted by atomic mass is 35.5. The van der Waals surface area contributed by atoms with E-state index in [1.54, 1.807) is 6.07 Å². The van der Waals surface area contributed by atoms with Gasteiger partial charge in [-0.3, -0.25) is 0 Å². The third kappa shape index (κ3) is 3.54. The molecule has 0 saturated heterocycles. The fourth-order valence-corrected chi connectivity index (χ4v) is 2.87. The number of nitrogens with one attached hydrogen (secondary N) is 1. The van der Waals surface area contributed by atoms with E-state index in [9.17, 15) is 0 Å². The Balaban J connectivity index is 1.92. The Hall–Kier alpha value is -1.16. The van der Waals surface area contributed by atoms with E-state index in [0.29, 0.717) is 21.9 Å². The van der Waals surface area contributed by atoms with Crippen molar-refractivity contribution in [1.29, 1.82) is 0 Å². The summed E-state index contributed by atoms with van der Waals surface area (Å²) in [7, 11) is 0. The molecule has 1 fully saturated rings. The molecule has 1 aromatic heterocycles. The Morgan fingerprint density at radius 3 is 2.14 bits per heavy atom. The van der Waals surface area contributed by atoms with Gasteiger partial charge in [-0.05, 0) is 44.9 Å². The second-order valence-electron chi connectivity index (χ2n) is 5.51. The quantitative estimate of drug-likeness (QED) is 0.911. The van der Waals surface area contributed by atoms with E-state index in [0.717, 1.165) is 23.5 Å². The Morgan fingerprint density at radius 1 is 1.05 bits per heavy atom. The summed E-state index contributed by atoms with van der Waals surface area (Å²) in [6.07, 6.45) is 2.55. The van der Waals surface area contributed by atoms with Crippen LogP contribution in [0.5, 0.6) is 0 Å². The summed E-state index contributed by atoms with van der Waals surface area (Å²) in [5, 5.41) is 4.70. The van der Waals surface area contributed by atoms with Crippen LogP contribution in [0, 0.1) is 13.8 Å². The van der Waals surface area contributed by atoms with Gasteiger partial charge in [0, 0.05) is 45.1 Å². The van der Waals surface area contributed by atoms with Gasteiger partial charge in [-0.2, -0.15) is 0 Å². The van der Waals surface area contributed by atoms with E-state index in [1.165, 1.54) is 18.4 Å². The SMILES string of the molecule is Cc1nc(-c2cc(Cl)cc(Cl)c2)nc(C)c1CNC1CC1. The van der Waals surface area contributed by atoms with Gasteiger partial charge >= 0.3 is 0 Å². The first-order chi connectivity index (χ1) is 10.0. The maximum absolute atomic E-state index is 6.05. The van der Waals surface area contributed by atoms with Gasteiger partial charge in [-0.25, -0.2) is 9.97 Å². The van der Waals surface area contributed by atoms with Crippen LogP contribution in [-0.4, -0.2) is 16.0 Å². The van der Waals surface area contributed by atoms with Crippen LogP contribution in [0.25, 0.3) is 11.4 Å². The number of aryl methyl sites for hydroxylation is 2. The molecule has 0 bridgehead atoms. The predicted molar refractivity (Wildman–Crippen MR) is 86.8 cm³/mol. The van der Waals surface area contributed by atoms with E-state index in [1.807, 2.05) is 26.0 Å². The second-order valence-corrected chi connectivity index (χ2v) is 6.38. The van der Waals surface area contributed by atoms with Gasteiger partial charge in [0.1, 0.15) is 0 Å². The van der Waals surface area contributed by atoms with E-state index < -0.39 is 0 Å². The first-order valence-electron chi connectivity index (χ1n) is 7.07. The topological polar surface area (TPSA) is 37.8 Å². The van der Waals surface area contributed by atoms with E-state index in [4.69, 9.17) is 23.2 Å². The molecule has 110 valence electrons. The van der Waals surface area contributed by atoms with Crippen molar-refractivity contribution in [2.24, 2.45) is 0 Å². The first-order valence-corrected chi connectivity index (χ1v) is 7.82. The third-order valence-electron chi connectivity index (χ3n) is 3.69. The summed E-state index contributed by atoms with van der Waals surface area (Å²) < 4.78 is 0. The predicted octanol–water partition coefficient (Wildman–Crippen LogP) is 4.32. The number of nitrogens with zero attached hydrogens (tertiary/aromatic N) is 2. The lowest BCUT2D eigenvalue weighted by Gasteiger charge is -2.12. The van der Waals surface area contributed by atoms with Crippen LogP contribution < -0.4 is 5.32 Å². The molecule has 1 aliphatic rings. The number of benzene rings is 1. The van der Waals surface area contributed by atoms with Crippen molar-refractivity contribution >= 4 is 23.2 Å². The molecule has 2 aromatic rings. The van der Waals surface area contributed by atoms with Crippen molar-refractivity contribution in [2.75, 3.05) is 0 Å². The molecule has 0 radical (unpaired) electrons. The van der Waals surface area contributed by atoms with Gasteiger partial charge < -0.3 is 5.32 Å². The van der Waals surface area contributed by atoms with Crippen LogP contribution in [0.1, 0.15) is 29.8 Å². The Morgan fingerprint density at radius 2 is 1.62 bits per heavy atom. The Bertz CT molecular complexity index is 638. The van der Waals surface area contributed by atoms with Gasteiger partial charge in [0.2, 0.25) is 0 Å². The minimum absolute atomic E-state index is 0.593. The molecule has 0 aliphatic heterocycles. The fraction of sp³-hybridized carbons (Fsp3) is 0.375. The number of hydrogen-bond acceptors (Lipinski definition) is 3. The molecule has 0 atom stereocenters. The molecule has 1 N–H and O–H groups in total. The van der Waals surface area contributed by atoms with Crippen LogP contribution in [0.2, 0.25) is 10.0 Å². The molecule has 1 aromatic carbocycles. The smallest absolute Gasteiger partial charge is 0.159 e. The molecular weight excluding hydrogens is 305 g/mol. The van der Waals surface area contributed by atoms with Crippen LogP contribution in [0.3, 0.4) is 0 Å². The van der Waals surface area contributed by atoms with Crippen LogP contribution in [-0.2, 0) is 6.54 Å². The normalized spacial score (nSPS) is 14.5. The Kier molecular flexibility index (Phi) is 4.16. The molecule has 21 heavy (non-hydrogen) atoms. The molecule has 0 unspecified atom stereocenters. The molecular formula is C16H17Cl2N3. The summed E-state index contributed by atoms with van der Waals surface area (Å²) in [6.45, 7) is 4.88. The van der Waals surface area contributed by atoms with Crippen molar-refractivity contribution in [3.05, 3.63) is 45.2 Å². The molecule has 5 heteroatoms. The molecule has 1 aliphatic carbocycles. The summed E-state index contributed by atoms with van der Waals surface area (Å²) >= 11 is 12.1. The number of halogens is 2. The maximum Gasteiger partial charge on any atom is 0.159 e. The molecule has 3 rings (SSSR count). The van der Waals surface area contributed by atoms with Crippen molar-refractivity contribution < 1.29 is 0 Å². The lowest BCUT2D eigenvalue weighted by Crippen LogP contribution is -2.18. The van der Waals surface area contributed by atoms with Gasteiger partial charge in [0.05, 0.1) is 0 Å². The number of hydrogen-bond donors (Lipinski definition) is 1. The van der Waals surface area contributed by atoms with Gasteiger partial charge in [-0.15, -0.1) is 0 Å². The minimum Gasteiger partial charge on any atom is -0.310 e. The molecule has 0 spiro atoms. The summed E-state index contributed by atoms with van der Waals surface area (Å²) in [6, 6.07) is 6.06. The fourth-order valence-electron chi connectivity index (χ4n) is 2.34. The van der Waals surface area contributed by atoms with E-state index in [2.05, 4.69) is 15.3 Å². The zero-order valence-corrected chi connectivity index (χ0v) is 13.6. The zero-order valence-electron chi connectivity index (χ0n) is 12.1. The van der Waals surface area contributed by atoms with Gasteiger partial charge in [0.15, 0.2) is 5.82 Å². The summed E-state index contributed by atoms with van der Waals surface area (Å²) in [5.41, 5.74) is 4.03. The highest BCUT2D eigenvalue weighted by Crippen LogP contribution is 2.26. The second kappa shape index (κ2) is 5.91. The largest absolute Gasteiger partial charge is 0.310 e. The van der Waals surface area contributed by atoms with E-state index >= 15 is 0 Å². The van der Waals surface area contributed by atoms with Crippen molar-refractivity contribution in [2.45, 2.75) is 39.3 Å². The standard InChI is InChI=1S/C16H17Cl2N3/c1-9-15(8-19-14-3-4-14)10(2)21-16(20-9)11-5-12(17)7-13(18)6-11/h5-7,14,19H,3-4,8H2,1-2H3. The van der Waals surface area contributed by atoms with Crippen LogP contribution >= 0.6 is 23.2 Å². The summed E-state index contributed by atoms with van der Waals surface area (Å²) in [4.78, 5) is 9.23. The first kappa shape index (κ1) is 14.8. The third-order valence-corrected chi connectivity index (χ3v) is 4.12.